The predicted molar refractivity (Wildman–Crippen MR) is 118 cm³/mol. The fraction of sp³-hybridized carbons (Fsp3) is 0.400. The maximum atomic E-state index is 13.4. The smallest absolute Gasteiger partial charge is 0.358 e. The summed E-state index contributed by atoms with van der Waals surface area (Å²) in [5.41, 5.74) is 12.5. The molecule has 15 nitrogen and oxygen atoms in total. The van der Waals surface area contributed by atoms with Crippen molar-refractivity contribution in [3.05, 3.63) is 23.8 Å². The number of urea groups is 1. The van der Waals surface area contributed by atoms with Crippen molar-refractivity contribution < 1.29 is 33.9 Å². The summed E-state index contributed by atoms with van der Waals surface area (Å²) in [6.45, 7) is 0.0753. The summed E-state index contributed by atoms with van der Waals surface area (Å²) < 4.78 is 0. The van der Waals surface area contributed by atoms with Crippen LogP contribution in [-0.2, 0) is 19.2 Å². The average molecular weight is 488 g/mol. The van der Waals surface area contributed by atoms with Crippen molar-refractivity contribution in [3.63, 3.8) is 0 Å². The lowest BCUT2D eigenvalue weighted by Crippen LogP contribution is -2.64. The summed E-state index contributed by atoms with van der Waals surface area (Å²) in [4.78, 5) is 74.0. The van der Waals surface area contributed by atoms with E-state index < -0.39 is 48.2 Å². The Morgan fingerprint density at radius 1 is 1.17 bits per heavy atom. The first kappa shape index (κ1) is 23.7. The number of aliphatic carboxylic acids is 1. The second-order valence-corrected chi connectivity index (χ2v) is 8.13. The van der Waals surface area contributed by atoms with Gasteiger partial charge < -0.3 is 26.1 Å². The molecule has 5 amide bonds. The zero-order chi connectivity index (χ0) is 25.1. The lowest BCUT2D eigenvalue weighted by Gasteiger charge is -2.42. The lowest BCUT2D eigenvalue weighted by atomic mass is 10.1. The molecule has 3 aliphatic heterocycles. The molecule has 15 heteroatoms. The van der Waals surface area contributed by atoms with Gasteiger partial charge in [-0.25, -0.2) is 19.8 Å². The second-order valence-electron chi connectivity index (χ2n) is 8.13. The minimum absolute atomic E-state index is 0.0909. The number of carboxylic acids is 1. The third kappa shape index (κ3) is 4.93. The molecule has 35 heavy (non-hydrogen) atoms. The molecule has 3 aliphatic rings. The number of hydrazine groups is 4. The highest BCUT2D eigenvalue weighted by Gasteiger charge is 2.44. The van der Waals surface area contributed by atoms with Crippen LogP contribution in [0.25, 0.3) is 0 Å². The van der Waals surface area contributed by atoms with Crippen molar-refractivity contribution in [2.75, 3.05) is 23.9 Å². The Morgan fingerprint density at radius 3 is 2.69 bits per heavy atom. The Balaban J connectivity index is 1.52. The number of amides is 5. The Bertz CT molecular complexity index is 1080. The van der Waals surface area contributed by atoms with Crippen LogP contribution in [0.1, 0.15) is 36.0 Å². The van der Waals surface area contributed by atoms with Crippen LogP contribution in [0.15, 0.2) is 18.2 Å². The molecule has 186 valence electrons. The minimum atomic E-state index is -1.29. The van der Waals surface area contributed by atoms with Crippen LogP contribution in [0, 0.1) is 0 Å². The molecule has 0 radical (unpaired) electrons. The minimum Gasteiger partial charge on any atom is -0.481 e. The van der Waals surface area contributed by atoms with Gasteiger partial charge in [-0.2, -0.15) is 0 Å². The quantitative estimate of drug-likeness (QED) is 0.253. The van der Waals surface area contributed by atoms with Gasteiger partial charge in [0.15, 0.2) is 0 Å². The van der Waals surface area contributed by atoms with Gasteiger partial charge >= 0.3 is 12.0 Å². The summed E-state index contributed by atoms with van der Waals surface area (Å²) in [6.07, 6.45) is 0.173. The molecular formula is C20H24N8O7. The molecule has 3 heterocycles. The number of rotatable bonds is 7. The van der Waals surface area contributed by atoms with E-state index in [1.165, 1.54) is 0 Å². The van der Waals surface area contributed by atoms with Gasteiger partial charge in [-0.3, -0.25) is 24.6 Å². The van der Waals surface area contributed by atoms with Crippen LogP contribution in [0.5, 0.6) is 0 Å². The summed E-state index contributed by atoms with van der Waals surface area (Å²) in [7, 11) is 0. The van der Waals surface area contributed by atoms with Crippen LogP contribution < -0.4 is 27.1 Å². The van der Waals surface area contributed by atoms with Crippen molar-refractivity contribution in [2.24, 2.45) is 0 Å². The topological polar surface area (TPSA) is 193 Å². The van der Waals surface area contributed by atoms with E-state index >= 15 is 0 Å². The number of anilines is 2. The Morgan fingerprint density at radius 2 is 1.94 bits per heavy atom. The normalized spacial score (nSPS) is 20.0. The van der Waals surface area contributed by atoms with E-state index in [0.29, 0.717) is 18.4 Å². The van der Waals surface area contributed by atoms with Gasteiger partial charge in [-0.15, -0.1) is 5.53 Å². The van der Waals surface area contributed by atoms with Gasteiger partial charge in [0.25, 0.3) is 5.91 Å². The second kappa shape index (κ2) is 9.84. The van der Waals surface area contributed by atoms with Gasteiger partial charge in [0, 0.05) is 18.5 Å². The molecule has 1 aromatic rings. The first-order valence-corrected chi connectivity index (χ1v) is 10.9. The van der Waals surface area contributed by atoms with Gasteiger partial charge in [-0.1, -0.05) is 0 Å². The number of benzene rings is 1. The van der Waals surface area contributed by atoms with E-state index in [2.05, 4.69) is 27.1 Å². The Labute approximate surface area is 198 Å². The molecule has 0 saturated carbocycles. The summed E-state index contributed by atoms with van der Waals surface area (Å²) in [5.74, 6) is -3.07. The van der Waals surface area contributed by atoms with E-state index in [1.54, 1.807) is 18.2 Å². The zero-order valence-corrected chi connectivity index (χ0v) is 18.4. The van der Waals surface area contributed by atoms with Crippen LogP contribution in [0.2, 0.25) is 0 Å². The number of nitrogens with one attached hydrogen (secondary N) is 5. The number of carboxylic acid groups (broad SMARTS) is 1. The summed E-state index contributed by atoms with van der Waals surface area (Å²) in [5, 5.41) is 14.3. The number of aldehydes is 1. The highest BCUT2D eigenvalue weighted by Crippen LogP contribution is 2.26. The van der Waals surface area contributed by atoms with E-state index in [-0.39, 0.29) is 31.5 Å². The average Bonchev–Trinajstić information content (AvgIpc) is 3.28. The highest BCUT2D eigenvalue weighted by atomic mass is 16.4. The van der Waals surface area contributed by atoms with Gasteiger partial charge in [0.2, 0.25) is 11.8 Å². The molecule has 0 aliphatic carbocycles. The number of carbonyl (C=O) groups is 6. The molecule has 0 spiro atoms. The van der Waals surface area contributed by atoms with Crippen LogP contribution in [0.4, 0.5) is 16.2 Å². The molecular weight excluding hydrogens is 464 g/mol. The molecule has 0 unspecified atom stereocenters. The van der Waals surface area contributed by atoms with Gasteiger partial charge in [0.1, 0.15) is 12.3 Å². The molecule has 2 fully saturated rings. The maximum Gasteiger partial charge on any atom is 0.358 e. The Kier molecular flexibility index (Phi) is 6.68. The first-order valence-electron chi connectivity index (χ1n) is 10.9. The van der Waals surface area contributed by atoms with Crippen molar-refractivity contribution in [1.82, 2.24) is 31.3 Å². The van der Waals surface area contributed by atoms with Crippen molar-refractivity contribution in [3.8, 4) is 0 Å². The highest BCUT2D eigenvalue weighted by molar-refractivity contribution is 5.98. The van der Waals surface area contributed by atoms with Crippen molar-refractivity contribution in [1.29, 1.82) is 0 Å². The molecule has 0 aromatic heterocycles. The molecule has 2 saturated heterocycles. The summed E-state index contributed by atoms with van der Waals surface area (Å²) >= 11 is 0. The fourth-order valence-corrected chi connectivity index (χ4v) is 4.07. The third-order valence-electron chi connectivity index (χ3n) is 5.77. The number of fused-ring (bicyclic) bond motifs is 2. The zero-order valence-electron chi connectivity index (χ0n) is 18.4. The van der Waals surface area contributed by atoms with Crippen molar-refractivity contribution >= 4 is 47.4 Å². The monoisotopic (exact) mass is 488 g/mol. The number of hydrogen-bond acceptors (Lipinski definition) is 9. The largest absolute Gasteiger partial charge is 0.481 e. The van der Waals surface area contributed by atoms with Crippen LogP contribution in [-0.4, -0.2) is 81.3 Å². The first-order chi connectivity index (χ1) is 16.8. The molecule has 2 atom stereocenters. The van der Waals surface area contributed by atoms with Gasteiger partial charge in [-0.05, 0) is 31.0 Å². The molecule has 4 rings (SSSR count). The number of carbonyl (C=O) groups excluding carboxylic acids is 5. The number of nitrogens with zero attached hydrogens (tertiary/aromatic N) is 3. The summed E-state index contributed by atoms with van der Waals surface area (Å²) in [6, 6.07) is 1.52. The SMILES string of the molecule is O=C[C@H](CC(=O)O)NC(=O)[C@@H]1CCCN2C(=O)CCN(NC(=O)c3ccc4c(c3)NNN4)C(=O)N12. The fourth-order valence-electron chi connectivity index (χ4n) is 4.07. The molecule has 1 aromatic carbocycles. The molecule has 0 bridgehead atoms. The standard InChI is InChI=1S/C20H24N8O7/c29-10-12(9-17(31)32)21-19(34)15-2-1-6-27-16(30)5-7-26(20(35)28(15)27)24-18(33)11-3-4-13-14(8-11)23-25-22-13/h3-4,8,10,12,15,22-23,25H,1-2,5-7,9H2,(H,21,34)(H,24,33)(H,31,32)/t12-,15-/m0/s1. The van der Waals surface area contributed by atoms with Gasteiger partial charge in [0.05, 0.1) is 30.4 Å². The Hall–Kier alpha value is -4.40. The van der Waals surface area contributed by atoms with E-state index in [0.717, 1.165) is 20.7 Å². The van der Waals surface area contributed by atoms with E-state index in [1.807, 2.05) is 0 Å². The van der Waals surface area contributed by atoms with Crippen LogP contribution >= 0.6 is 0 Å². The molecule has 6 N–H and O–H groups in total. The number of hydrogen-bond donors (Lipinski definition) is 6. The van der Waals surface area contributed by atoms with E-state index in [4.69, 9.17) is 5.11 Å². The predicted octanol–water partition coefficient (Wildman–Crippen LogP) is -1.22. The van der Waals surface area contributed by atoms with E-state index in [9.17, 15) is 28.8 Å². The van der Waals surface area contributed by atoms with Crippen molar-refractivity contribution in [2.45, 2.75) is 37.8 Å². The maximum absolute atomic E-state index is 13.4. The third-order valence-corrected chi connectivity index (χ3v) is 5.77. The van der Waals surface area contributed by atoms with Crippen LogP contribution in [0.3, 0.4) is 0 Å². The lowest BCUT2D eigenvalue weighted by molar-refractivity contribution is -0.155.